The molecule has 0 amide bonds. The highest BCUT2D eigenvalue weighted by molar-refractivity contribution is 6.69. The molecule has 2 heteroatoms. The van der Waals surface area contributed by atoms with Crippen LogP contribution in [0.25, 0.3) is 0 Å². The molecule has 1 atom stereocenters. The third-order valence-electron chi connectivity index (χ3n) is 2.55. The standard InChI is InChI=1S/C15H24OSi/c1-5-9-15(16-17(2,3)4)13-12-14-10-7-6-8-11-14/h5-8,10-11,15H,1,9,12-13H2,2-4H3/t15-/m0/s1. The summed E-state index contributed by atoms with van der Waals surface area (Å²) in [5, 5.41) is 0. The van der Waals surface area contributed by atoms with Gasteiger partial charge in [-0.15, -0.1) is 6.58 Å². The molecule has 0 aromatic heterocycles. The summed E-state index contributed by atoms with van der Waals surface area (Å²) in [5.74, 6) is 0. The summed E-state index contributed by atoms with van der Waals surface area (Å²) < 4.78 is 6.17. The van der Waals surface area contributed by atoms with Crippen molar-refractivity contribution in [1.82, 2.24) is 0 Å². The second kappa shape index (κ2) is 6.77. The molecule has 0 unspecified atom stereocenters. The second-order valence-electron chi connectivity index (χ2n) is 5.40. The highest BCUT2D eigenvalue weighted by Gasteiger charge is 2.20. The number of hydrogen-bond acceptors (Lipinski definition) is 1. The monoisotopic (exact) mass is 248 g/mol. The van der Waals surface area contributed by atoms with Gasteiger partial charge < -0.3 is 4.43 Å². The van der Waals surface area contributed by atoms with Crippen LogP contribution < -0.4 is 0 Å². The molecule has 1 aromatic carbocycles. The van der Waals surface area contributed by atoms with Crippen molar-refractivity contribution in [2.75, 3.05) is 0 Å². The largest absolute Gasteiger partial charge is 0.414 e. The molecule has 0 radical (unpaired) electrons. The van der Waals surface area contributed by atoms with E-state index in [0.717, 1.165) is 19.3 Å². The van der Waals surface area contributed by atoms with Crippen LogP contribution in [0.2, 0.25) is 19.6 Å². The fourth-order valence-corrected chi connectivity index (χ4v) is 3.10. The molecule has 1 nitrogen and oxygen atoms in total. The van der Waals surface area contributed by atoms with E-state index in [0.29, 0.717) is 6.10 Å². The number of hydrogen-bond donors (Lipinski definition) is 0. The Bertz CT molecular complexity index is 327. The highest BCUT2D eigenvalue weighted by Crippen LogP contribution is 2.16. The smallest absolute Gasteiger partial charge is 0.184 e. The molecule has 1 rings (SSSR count). The third kappa shape index (κ3) is 6.44. The Balaban J connectivity index is 2.47. The SMILES string of the molecule is C=CC[C@@H](CCc1ccccc1)O[Si](C)(C)C. The zero-order chi connectivity index (χ0) is 12.7. The first-order valence-electron chi connectivity index (χ1n) is 6.34. The molecule has 0 bridgehead atoms. The van der Waals surface area contributed by atoms with E-state index in [1.165, 1.54) is 5.56 Å². The predicted octanol–water partition coefficient (Wildman–Crippen LogP) is 4.42. The molecule has 17 heavy (non-hydrogen) atoms. The molecule has 0 N–H and O–H groups in total. The zero-order valence-electron chi connectivity index (χ0n) is 11.3. The quantitative estimate of drug-likeness (QED) is 0.513. The summed E-state index contributed by atoms with van der Waals surface area (Å²) in [6.07, 6.45) is 5.43. The summed E-state index contributed by atoms with van der Waals surface area (Å²) in [5.41, 5.74) is 1.39. The van der Waals surface area contributed by atoms with Crippen LogP contribution in [-0.4, -0.2) is 14.4 Å². The Morgan fingerprint density at radius 2 is 1.88 bits per heavy atom. The van der Waals surface area contributed by atoms with Crippen molar-refractivity contribution in [2.45, 2.75) is 45.0 Å². The Kier molecular flexibility index (Phi) is 5.66. The fourth-order valence-electron chi connectivity index (χ4n) is 1.88. The van der Waals surface area contributed by atoms with Crippen LogP contribution in [0.5, 0.6) is 0 Å². The minimum atomic E-state index is -1.44. The fraction of sp³-hybridized carbons (Fsp3) is 0.467. The van der Waals surface area contributed by atoms with Crippen molar-refractivity contribution >= 4 is 8.32 Å². The van der Waals surface area contributed by atoms with Gasteiger partial charge in [0.15, 0.2) is 8.32 Å². The molecular formula is C15H24OSi. The Morgan fingerprint density at radius 3 is 2.41 bits per heavy atom. The summed E-state index contributed by atoms with van der Waals surface area (Å²) in [6, 6.07) is 10.6. The molecular weight excluding hydrogens is 224 g/mol. The van der Waals surface area contributed by atoms with E-state index in [1.807, 2.05) is 6.08 Å². The lowest BCUT2D eigenvalue weighted by Gasteiger charge is -2.25. The Labute approximate surface area is 107 Å². The van der Waals surface area contributed by atoms with Crippen molar-refractivity contribution < 1.29 is 4.43 Å². The van der Waals surface area contributed by atoms with Crippen LogP contribution in [0.1, 0.15) is 18.4 Å². The van der Waals surface area contributed by atoms with E-state index in [4.69, 9.17) is 4.43 Å². The van der Waals surface area contributed by atoms with Gasteiger partial charge in [-0.1, -0.05) is 36.4 Å². The second-order valence-corrected chi connectivity index (χ2v) is 9.86. The average Bonchev–Trinajstić information content (AvgIpc) is 2.26. The lowest BCUT2D eigenvalue weighted by molar-refractivity contribution is 0.187. The van der Waals surface area contributed by atoms with Crippen LogP contribution in [0.4, 0.5) is 0 Å². The van der Waals surface area contributed by atoms with Gasteiger partial charge in [-0.25, -0.2) is 0 Å². The van der Waals surface area contributed by atoms with Crippen LogP contribution >= 0.6 is 0 Å². The maximum absolute atomic E-state index is 6.17. The van der Waals surface area contributed by atoms with Crippen LogP contribution in [0.15, 0.2) is 43.0 Å². The van der Waals surface area contributed by atoms with E-state index >= 15 is 0 Å². The van der Waals surface area contributed by atoms with Gasteiger partial charge in [0.1, 0.15) is 0 Å². The summed E-state index contributed by atoms with van der Waals surface area (Å²) in [4.78, 5) is 0. The van der Waals surface area contributed by atoms with E-state index in [-0.39, 0.29) is 0 Å². The lowest BCUT2D eigenvalue weighted by Crippen LogP contribution is -2.32. The van der Waals surface area contributed by atoms with Crippen molar-refractivity contribution in [2.24, 2.45) is 0 Å². The minimum Gasteiger partial charge on any atom is -0.414 e. The van der Waals surface area contributed by atoms with Crippen molar-refractivity contribution in [3.05, 3.63) is 48.6 Å². The molecule has 0 aliphatic heterocycles. The van der Waals surface area contributed by atoms with Gasteiger partial charge in [-0.05, 0) is 44.5 Å². The molecule has 0 saturated heterocycles. The van der Waals surface area contributed by atoms with Gasteiger partial charge in [-0.3, -0.25) is 0 Å². The number of rotatable bonds is 7. The van der Waals surface area contributed by atoms with E-state index < -0.39 is 8.32 Å². The predicted molar refractivity (Wildman–Crippen MR) is 77.8 cm³/mol. The first-order valence-corrected chi connectivity index (χ1v) is 9.75. The number of benzene rings is 1. The molecule has 0 fully saturated rings. The number of aryl methyl sites for hydroxylation is 1. The molecule has 1 aromatic rings. The first kappa shape index (κ1) is 14.2. The molecule has 0 saturated carbocycles. The van der Waals surface area contributed by atoms with E-state index in [9.17, 15) is 0 Å². The summed E-state index contributed by atoms with van der Waals surface area (Å²) >= 11 is 0. The maximum Gasteiger partial charge on any atom is 0.184 e. The van der Waals surface area contributed by atoms with Crippen LogP contribution in [-0.2, 0) is 10.8 Å². The third-order valence-corrected chi connectivity index (χ3v) is 3.59. The Hall–Kier alpha value is -0.863. The van der Waals surface area contributed by atoms with Gasteiger partial charge in [0.05, 0.1) is 0 Å². The lowest BCUT2D eigenvalue weighted by atomic mass is 10.1. The van der Waals surface area contributed by atoms with Gasteiger partial charge in [0.2, 0.25) is 0 Å². The summed E-state index contributed by atoms with van der Waals surface area (Å²) in [6.45, 7) is 10.5. The molecule has 94 valence electrons. The van der Waals surface area contributed by atoms with Gasteiger partial charge in [0, 0.05) is 6.10 Å². The van der Waals surface area contributed by atoms with Crippen molar-refractivity contribution in [1.29, 1.82) is 0 Å². The Morgan fingerprint density at radius 1 is 1.24 bits per heavy atom. The van der Waals surface area contributed by atoms with E-state index in [2.05, 4.69) is 56.6 Å². The van der Waals surface area contributed by atoms with Crippen molar-refractivity contribution in [3.63, 3.8) is 0 Å². The minimum absolute atomic E-state index is 0.333. The van der Waals surface area contributed by atoms with Gasteiger partial charge in [-0.2, -0.15) is 0 Å². The van der Waals surface area contributed by atoms with Crippen LogP contribution in [0, 0.1) is 0 Å². The maximum atomic E-state index is 6.17. The molecule has 0 aliphatic carbocycles. The topological polar surface area (TPSA) is 9.23 Å². The molecule has 0 heterocycles. The van der Waals surface area contributed by atoms with Crippen LogP contribution in [0.3, 0.4) is 0 Å². The van der Waals surface area contributed by atoms with Gasteiger partial charge in [0.25, 0.3) is 0 Å². The summed E-state index contributed by atoms with van der Waals surface area (Å²) in [7, 11) is -1.44. The molecule has 0 spiro atoms. The average molecular weight is 248 g/mol. The first-order chi connectivity index (χ1) is 8.01. The normalized spacial score (nSPS) is 13.4. The van der Waals surface area contributed by atoms with E-state index in [1.54, 1.807) is 0 Å². The zero-order valence-corrected chi connectivity index (χ0v) is 12.3. The molecule has 0 aliphatic rings. The van der Waals surface area contributed by atoms with Crippen molar-refractivity contribution in [3.8, 4) is 0 Å². The highest BCUT2D eigenvalue weighted by atomic mass is 28.4. The van der Waals surface area contributed by atoms with Gasteiger partial charge >= 0.3 is 0 Å².